The molecule has 0 radical (unpaired) electrons. The first kappa shape index (κ1) is 13.4. The number of methoxy groups -OCH3 is 1. The van der Waals surface area contributed by atoms with E-state index in [0.717, 1.165) is 11.1 Å². The van der Waals surface area contributed by atoms with Crippen molar-refractivity contribution in [2.75, 3.05) is 7.11 Å². The number of ether oxygens (including phenoxy) is 2. The monoisotopic (exact) mass is 273 g/mol. The Hall–Kier alpha value is -2.07. The van der Waals surface area contributed by atoms with E-state index in [1.165, 1.54) is 0 Å². The Morgan fingerprint density at radius 2 is 1.74 bits per heavy atom. The number of hydrogen-bond acceptors (Lipinski definition) is 3. The SMILES string of the molecule is COc1ccccc1Oc1c(C)cccc1C(N)=S. The fraction of sp³-hybridized carbons (Fsp3) is 0.133. The molecular formula is C15H15NO2S. The van der Waals surface area contributed by atoms with Crippen molar-refractivity contribution in [1.29, 1.82) is 0 Å². The van der Waals surface area contributed by atoms with Crippen LogP contribution in [0.3, 0.4) is 0 Å². The van der Waals surface area contributed by atoms with Gasteiger partial charge in [-0.3, -0.25) is 0 Å². The minimum absolute atomic E-state index is 0.314. The second-order valence-corrected chi connectivity index (χ2v) is 4.51. The molecule has 0 unspecified atom stereocenters. The summed E-state index contributed by atoms with van der Waals surface area (Å²) in [6.07, 6.45) is 0. The van der Waals surface area contributed by atoms with Crippen LogP contribution in [0, 0.1) is 6.92 Å². The molecule has 0 saturated heterocycles. The van der Waals surface area contributed by atoms with Gasteiger partial charge in [-0.05, 0) is 30.7 Å². The largest absolute Gasteiger partial charge is 0.493 e. The van der Waals surface area contributed by atoms with E-state index in [-0.39, 0.29) is 0 Å². The molecule has 2 aromatic carbocycles. The lowest BCUT2D eigenvalue weighted by Gasteiger charge is -2.15. The number of nitrogens with two attached hydrogens (primary N) is 1. The van der Waals surface area contributed by atoms with Gasteiger partial charge in [-0.15, -0.1) is 0 Å². The molecular weight excluding hydrogens is 258 g/mol. The fourth-order valence-electron chi connectivity index (χ4n) is 1.80. The summed E-state index contributed by atoms with van der Waals surface area (Å²) in [5.74, 6) is 1.97. The van der Waals surface area contributed by atoms with Crippen LogP contribution in [0.5, 0.6) is 17.2 Å². The van der Waals surface area contributed by atoms with Crippen molar-refractivity contribution in [3.05, 3.63) is 53.6 Å². The third kappa shape index (κ3) is 2.85. The van der Waals surface area contributed by atoms with Crippen molar-refractivity contribution in [2.45, 2.75) is 6.92 Å². The molecule has 98 valence electrons. The van der Waals surface area contributed by atoms with E-state index in [1.807, 2.05) is 49.4 Å². The van der Waals surface area contributed by atoms with E-state index >= 15 is 0 Å². The van der Waals surface area contributed by atoms with Gasteiger partial charge in [-0.1, -0.05) is 36.5 Å². The molecule has 0 saturated carbocycles. The molecule has 2 N–H and O–H groups in total. The predicted molar refractivity (Wildman–Crippen MR) is 80.1 cm³/mol. The number of thiocarbonyl (C=S) groups is 1. The Morgan fingerprint density at radius 1 is 1.05 bits per heavy atom. The van der Waals surface area contributed by atoms with Gasteiger partial charge in [0.15, 0.2) is 11.5 Å². The highest BCUT2D eigenvalue weighted by molar-refractivity contribution is 7.80. The third-order valence-corrected chi connectivity index (χ3v) is 2.98. The smallest absolute Gasteiger partial charge is 0.169 e. The Kier molecular flexibility index (Phi) is 4.02. The normalized spacial score (nSPS) is 10.0. The Bertz CT molecular complexity index is 611. The number of rotatable bonds is 4. The van der Waals surface area contributed by atoms with Gasteiger partial charge in [0.25, 0.3) is 0 Å². The van der Waals surface area contributed by atoms with Crippen LogP contribution in [-0.4, -0.2) is 12.1 Å². The van der Waals surface area contributed by atoms with Crippen molar-refractivity contribution in [3.8, 4) is 17.2 Å². The zero-order chi connectivity index (χ0) is 13.8. The van der Waals surface area contributed by atoms with Crippen molar-refractivity contribution >= 4 is 17.2 Å². The molecule has 0 atom stereocenters. The summed E-state index contributed by atoms with van der Waals surface area (Å²) in [4.78, 5) is 0.314. The molecule has 0 fully saturated rings. The summed E-state index contributed by atoms with van der Waals surface area (Å²) in [5.41, 5.74) is 7.42. The topological polar surface area (TPSA) is 44.5 Å². The molecule has 0 amide bonds. The van der Waals surface area contributed by atoms with Gasteiger partial charge in [0.1, 0.15) is 10.7 Å². The first-order valence-corrected chi connectivity index (χ1v) is 6.24. The van der Waals surface area contributed by atoms with E-state index in [1.54, 1.807) is 7.11 Å². The van der Waals surface area contributed by atoms with Gasteiger partial charge in [0, 0.05) is 0 Å². The van der Waals surface area contributed by atoms with E-state index < -0.39 is 0 Å². The zero-order valence-electron chi connectivity index (χ0n) is 10.8. The third-order valence-electron chi connectivity index (χ3n) is 2.76. The summed E-state index contributed by atoms with van der Waals surface area (Å²) in [7, 11) is 1.61. The van der Waals surface area contributed by atoms with Crippen LogP contribution in [0.1, 0.15) is 11.1 Å². The minimum Gasteiger partial charge on any atom is -0.493 e. The van der Waals surface area contributed by atoms with Crippen molar-refractivity contribution < 1.29 is 9.47 Å². The van der Waals surface area contributed by atoms with Gasteiger partial charge < -0.3 is 15.2 Å². The minimum atomic E-state index is 0.314. The quantitative estimate of drug-likeness (QED) is 0.867. The molecule has 2 aromatic rings. The molecule has 3 nitrogen and oxygen atoms in total. The maximum absolute atomic E-state index is 5.93. The van der Waals surface area contributed by atoms with Gasteiger partial charge >= 0.3 is 0 Å². The van der Waals surface area contributed by atoms with E-state index in [2.05, 4.69) is 0 Å². The Labute approximate surface area is 118 Å². The summed E-state index contributed by atoms with van der Waals surface area (Å²) in [6, 6.07) is 13.2. The highest BCUT2D eigenvalue weighted by atomic mass is 32.1. The lowest BCUT2D eigenvalue weighted by Crippen LogP contribution is -2.11. The molecule has 0 heterocycles. The Balaban J connectivity index is 2.46. The number of hydrogen-bond donors (Lipinski definition) is 1. The molecule has 19 heavy (non-hydrogen) atoms. The summed E-state index contributed by atoms with van der Waals surface area (Å²) in [5, 5.41) is 0. The van der Waals surface area contributed by atoms with Crippen LogP contribution in [0.25, 0.3) is 0 Å². The highest BCUT2D eigenvalue weighted by Gasteiger charge is 2.12. The average molecular weight is 273 g/mol. The van der Waals surface area contributed by atoms with E-state index in [0.29, 0.717) is 22.2 Å². The standard InChI is InChI=1S/C15H15NO2S/c1-10-6-5-7-11(15(16)19)14(10)18-13-9-4-3-8-12(13)17-2/h3-9H,1-2H3,(H2,16,19). The number of benzene rings is 2. The molecule has 0 aromatic heterocycles. The average Bonchev–Trinajstić information content (AvgIpc) is 2.41. The van der Waals surface area contributed by atoms with Crippen LogP contribution in [0.4, 0.5) is 0 Å². The molecule has 2 rings (SSSR count). The molecule has 4 heteroatoms. The van der Waals surface area contributed by atoms with Crippen molar-refractivity contribution in [3.63, 3.8) is 0 Å². The van der Waals surface area contributed by atoms with Crippen molar-refractivity contribution in [1.82, 2.24) is 0 Å². The number of para-hydroxylation sites is 3. The molecule has 0 spiro atoms. The van der Waals surface area contributed by atoms with Crippen LogP contribution in [-0.2, 0) is 0 Å². The van der Waals surface area contributed by atoms with Gasteiger partial charge in [0.2, 0.25) is 0 Å². The summed E-state index contributed by atoms with van der Waals surface area (Å²) < 4.78 is 11.2. The first-order chi connectivity index (χ1) is 9.13. The van der Waals surface area contributed by atoms with Gasteiger partial charge in [-0.25, -0.2) is 0 Å². The second-order valence-electron chi connectivity index (χ2n) is 4.07. The lowest BCUT2D eigenvalue weighted by atomic mass is 10.1. The summed E-state index contributed by atoms with van der Waals surface area (Å²) >= 11 is 5.05. The van der Waals surface area contributed by atoms with Gasteiger partial charge in [-0.2, -0.15) is 0 Å². The lowest BCUT2D eigenvalue weighted by molar-refractivity contribution is 0.378. The zero-order valence-corrected chi connectivity index (χ0v) is 11.7. The van der Waals surface area contributed by atoms with Crippen LogP contribution in [0.2, 0.25) is 0 Å². The van der Waals surface area contributed by atoms with E-state index in [4.69, 9.17) is 27.4 Å². The molecule has 0 aliphatic heterocycles. The molecule has 0 aliphatic carbocycles. The second kappa shape index (κ2) is 5.71. The van der Waals surface area contributed by atoms with Crippen LogP contribution in [0.15, 0.2) is 42.5 Å². The van der Waals surface area contributed by atoms with Crippen LogP contribution < -0.4 is 15.2 Å². The fourth-order valence-corrected chi connectivity index (χ4v) is 1.96. The Morgan fingerprint density at radius 3 is 2.37 bits per heavy atom. The molecule has 0 aliphatic rings. The maximum Gasteiger partial charge on any atom is 0.169 e. The molecule has 0 bridgehead atoms. The first-order valence-electron chi connectivity index (χ1n) is 5.83. The maximum atomic E-state index is 5.93. The summed E-state index contributed by atoms with van der Waals surface area (Å²) in [6.45, 7) is 1.95. The number of aryl methyl sites for hydroxylation is 1. The van der Waals surface area contributed by atoms with Crippen LogP contribution >= 0.6 is 12.2 Å². The van der Waals surface area contributed by atoms with Crippen molar-refractivity contribution in [2.24, 2.45) is 5.73 Å². The van der Waals surface area contributed by atoms with E-state index in [9.17, 15) is 0 Å². The predicted octanol–water partition coefficient (Wildman–Crippen LogP) is 3.43. The van der Waals surface area contributed by atoms with Gasteiger partial charge in [0.05, 0.1) is 12.7 Å². The highest BCUT2D eigenvalue weighted by Crippen LogP contribution is 2.34.